The van der Waals surface area contributed by atoms with Crippen molar-refractivity contribution >= 4 is 11.7 Å². The van der Waals surface area contributed by atoms with Gasteiger partial charge < -0.3 is 9.84 Å². The quantitative estimate of drug-likeness (QED) is 0.298. The second-order valence-corrected chi connectivity index (χ2v) is 3.62. The highest BCUT2D eigenvalue weighted by Gasteiger charge is 2.08. The van der Waals surface area contributed by atoms with Crippen molar-refractivity contribution in [1.29, 1.82) is 0 Å². The molecule has 0 aromatic heterocycles. The molecule has 0 aliphatic heterocycles. The number of esters is 1. The molecule has 19 heavy (non-hydrogen) atoms. The first-order valence-electron chi connectivity index (χ1n) is 5.35. The molecule has 0 amide bonds. The number of azide groups is 1. The van der Waals surface area contributed by atoms with Crippen molar-refractivity contribution in [2.24, 2.45) is 5.11 Å². The fourth-order valence-corrected chi connectivity index (χ4v) is 1.40. The molecule has 2 aromatic carbocycles. The summed E-state index contributed by atoms with van der Waals surface area (Å²) in [5.41, 5.74) is 9.02. The summed E-state index contributed by atoms with van der Waals surface area (Å²) in [6, 6.07) is 11.9. The average Bonchev–Trinajstić information content (AvgIpc) is 2.42. The van der Waals surface area contributed by atoms with E-state index in [1.54, 1.807) is 0 Å². The van der Waals surface area contributed by atoms with Gasteiger partial charge in [-0.3, -0.25) is 0 Å². The molecule has 0 atom stereocenters. The van der Waals surface area contributed by atoms with E-state index >= 15 is 0 Å². The zero-order valence-corrected chi connectivity index (χ0v) is 9.72. The topological polar surface area (TPSA) is 95.3 Å². The molecular weight excluding hydrogens is 246 g/mol. The Hall–Kier alpha value is -2.98. The van der Waals surface area contributed by atoms with E-state index in [1.807, 2.05) is 0 Å². The Balaban J connectivity index is 2.11. The van der Waals surface area contributed by atoms with Gasteiger partial charge in [-0.2, -0.15) is 0 Å². The second kappa shape index (κ2) is 5.57. The van der Waals surface area contributed by atoms with Gasteiger partial charge in [-0.15, -0.1) is 0 Å². The molecule has 6 heteroatoms. The van der Waals surface area contributed by atoms with Crippen LogP contribution < -0.4 is 4.74 Å². The van der Waals surface area contributed by atoms with Crippen molar-refractivity contribution in [3.8, 4) is 11.5 Å². The standard InChI is InChI=1S/C13H9N3O3/c14-16-15-10-3-1-9(2-4-10)13(18)19-12-7-5-11(17)6-8-12/h1-8,17H. The lowest BCUT2D eigenvalue weighted by Crippen LogP contribution is -2.07. The Morgan fingerprint density at radius 2 is 1.74 bits per heavy atom. The van der Waals surface area contributed by atoms with Gasteiger partial charge in [0.05, 0.1) is 5.56 Å². The minimum absolute atomic E-state index is 0.0958. The van der Waals surface area contributed by atoms with E-state index in [4.69, 9.17) is 15.4 Å². The number of nitrogens with zero attached hydrogens (tertiary/aromatic N) is 3. The summed E-state index contributed by atoms with van der Waals surface area (Å²) >= 11 is 0. The van der Waals surface area contributed by atoms with Crippen LogP contribution >= 0.6 is 0 Å². The Labute approximate surface area is 108 Å². The molecule has 0 saturated carbocycles. The van der Waals surface area contributed by atoms with E-state index in [1.165, 1.54) is 48.5 Å². The normalized spacial score (nSPS) is 9.47. The summed E-state index contributed by atoms with van der Waals surface area (Å²) < 4.78 is 5.10. The molecule has 2 aromatic rings. The minimum atomic E-state index is -0.529. The number of carbonyl (C=O) groups is 1. The maximum absolute atomic E-state index is 11.8. The number of benzene rings is 2. The molecule has 1 N–H and O–H groups in total. The molecule has 0 saturated heterocycles. The number of hydrogen-bond acceptors (Lipinski definition) is 4. The Kier molecular flexibility index (Phi) is 3.66. The molecular formula is C13H9N3O3. The van der Waals surface area contributed by atoms with Crippen molar-refractivity contribution in [2.75, 3.05) is 0 Å². The molecule has 0 spiro atoms. The summed E-state index contributed by atoms with van der Waals surface area (Å²) in [6.07, 6.45) is 0. The van der Waals surface area contributed by atoms with E-state index < -0.39 is 5.97 Å². The molecule has 0 unspecified atom stereocenters. The maximum atomic E-state index is 11.8. The van der Waals surface area contributed by atoms with Crippen LogP contribution in [-0.2, 0) is 0 Å². The van der Waals surface area contributed by atoms with Crippen molar-refractivity contribution in [2.45, 2.75) is 0 Å². The zero-order valence-electron chi connectivity index (χ0n) is 9.72. The van der Waals surface area contributed by atoms with Crippen LogP contribution in [0, 0.1) is 0 Å². The van der Waals surface area contributed by atoms with Crippen LogP contribution in [0.2, 0.25) is 0 Å². The van der Waals surface area contributed by atoms with E-state index in [-0.39, 0.29) is 5.75 Å². The monoisotopic (exact) mass is 255 g/mol. The van der Waals surface area contributed by atoms with Gasteiger partial charge in [0.15, 0.2) is 0 Å². The lowest BCUT2D eigenvalue weighted by atomic mass is 10.2. The van der Waals surface area contributed by atoms with Crippen LogP contribution in [0.5, 0.6) is 11.5 Å². The molecule has 2 rings (SSSR count). The third kappa shape index (κ3) is 3.24. The average molecular weight is 255 g/mol. The fourth-order valence-electron chi connectivity index (χ4n) is 1.40. The number of hydrogen-bond donors (Lipinski definition) is 1. The predicted molar refractivity (Wildman–Crippen MR) is 68.3 cm³/mol. The number of phenolic OH excluding ortho intramolecular Hbond substituents is 1. The van der Waals surface area contributed by atoms with Crippen molar-refractivity contribution in [1.82, 2.24) is 0 Å². The smallest absolute Gasteiger partial charge is 0.343 e. The van der Waals surface area contributed by atoms with Crippen LogP contribution in [0.3, 0.4) is 0 Å². The van der Waals surface area contributed by atoms with Crippen LogP contribution in [0.15, 0.2) is 53.6 Å². The zero-order chi connectivity index (χ0) is 13.7. The van der Waals surface area contributed by atoms with E-state index in [0.29, 0.717) is 17.0 Å². The van der Waals surface area contributed by atoms with Gasteiger partial charge in [0, 0.05) is 10.6 Å². The van der Waals surface area contributed by atoms with Gasteiger partial charge in [0.25, 0.3) is 0 Å². The van der Waals surface area contributed by atoms with Gasteiger partial charge in [0.1, 0.15) is 11.5 Å². The molecule has 6 nitrogen and oxygen atoms in total. The van der Waals surface area contributed by atoms with Gasteiger partial charge in [-0.1, -0.05) is 17.2 Å². The SMILES string of the molecule is [N-]=[N+]=Nc1ccc(C(=O)Oc2ccc(O)cc2)cc1. The van der Waals surface area contributed by atoms with E-state index in [0.717, 1.165) is 0 Å². The van der Waals surface area contributed by atoms with Crippen molar-refractivity contribution in [3.63, 3.8) is 0 Å². The number of carbonyl (C=O) groups excluding carboxylic acids is 1. The first kappa shape index (κ1) is 12.5. The molecule has 0 aliphatic carbocycles. The van der Waals surface area contributed by atoms with Gasteiger partial charge in [0.2, 0.25) is 0 Å². The van der Waals surface area contributed by atoms with E-state index in [9.17, 15) is 4.79 Å². The highest BCUT2D eigenvalue weighted by molar-refractivity contribution is 5.91. The van der Waals surface area contributed by atoms with Crippen LogP contribution in [0.4, 0.5) is 5.69 Å². The number of phenols is 1. The van der Waals surface area contributed by atoms with Gasteiger partial charge >= 0.3 is 5.97 Å². The summed E-state index contributed by atoms with van der Waals surface area (Å²) in [5, 5.41) is 12.5. The summed E-state index contributed by atoms with van der Waals surface area (Å²) in [4.78, 5) is 14.4. The fraction of sp³-hybridized carbons (Fsp3) is 0. The lowest BCUT2D eigenvalue weighted by Gasteiger charge is -2.04. The van der Waals surface area contributed by atoms with Crippen molar-refractivity contribution < 1.29 is 14.6 Å². The third-order valence-corrected chi connectivity index (χ3v) is 2.31. The molecule has 0 radical (unpaired) electrons. The lowest BCUT2D eigenvalue weighted by molar-refractivity contribution is 0.0734. The number of aromatic hydroxyl groups is 1. The second-order valence-electron chi connectivity index (χ2n) is 3.62. The molecule has 0 aliphatic rings. The summed E-state index contributed by atoms with van der Waals surface area (Å²) in [6.45, 7) is 0. The highest BCUT2D eigenvalue weighted by atomic mass is 16.5. The van der Waals surface area contributed by atoms with Crippen molar-refractivity contribution in [3.05, 3.63) is 64.5 Å². The first-order chi connectivity index (χ1) is 9.19. The molecule has 0 fully saturated rings. The summed E-state index contributed by atoms with van der Waals surface area (Å²) in [7, 11) is 0. The molecule has 0 bridgehead atoms. The van der Waals surface area contributed by atoms with Crippen LogP contribution in [-0.4, -0.2) is 11.1 Å². The van der Waals surface area contributed by atoms with Crippen LogP contribution in [0.25, 0.3) is 10.4 Å². The van der Waals surface area contributed by atoms with Gasteiger partial charge in [-0.05, 0) is 41.9 Å². The molecule has 94 valence electrons. The predicted octanol–water partition coefficient (Wildman–Crippen LogP) is 3.55. The van der Waals surface area contributed by atoms with Gasteiger partial charge in [-0.25, -0.2) is 4.79 Å². The Morgan fingerprint density at radius 3 is 2.32 bits per heavy atom. The van der Waals surface area contributed by atoms with E-state index in [2.05, 4.69) is 10.0 Å². The number of rotatable bonds is 3. The summed E-state index contributed by atoms with van der Waals surface area (Å²) in [5.74, 6) is -0.0985. The largest absolute Gasteiger partial charge is 0.508 e. The Bertz CT molecular complexity index is 629. The molecule has 0 heterocycles. The van der Waals surface area contributed by atoms with Crippen LogP contribution in [0.1, 0.15) is 10.4 Å². The third-order valence-electron chi connectivity index (χ3n) is 2.31. The first-order valence-corrected chi connectivity index (χ1v) is 5.35. The Morgan fingerprint density at radius 1 is 1.11 bits per heavy atom. The number of ether oxygens (including phenoxy) is 1. The minimum Gasteiger partial charge on any atom is -0.508 e. The maximum Gasteiger partial charge on any atom is 0.343 e. The highest BCUT2D eigenvalue weighted by Crippen LogP contribution is 2.18.